The van der Waals surface area contributed by atoms with Crippen LogP contribution in [-0.4, -0.2) is 38.9 Å². The van der Waals surface area contributed by atoms with Gasteiger partial charge in [0.05, 0.1) is 13.2 Å². The summed E-state index contributed by atoms with van der Waals surface area (Å²) in [4.78, 5) is 0. The molecule has 6 heavy (non-hydrogen) atoms. The summed E-state index contributed by atoms with van der Waals surface area (Å²) in [7, 11) is 0. The molecule has 0 aliphatic heterocycles. The number of hydrogen-bond donors (Lipinski definition) is 3. The van der Waals surface area contributed by atoms with Crippen molar-refractivity contribution >= 4 is 0 Å². The van der Waals surface area contributed by atoms with Gasteiger partial charge in [-0.1, -0.05) is 0 Å². The number of aliphatic hydroxyl groups excluding tert-OH is 3. The summed E-state index contributed by atoms with van der Waals surface area (Å²) in [5.41, 5.74) is 0. The van der Waals surface area contributed by atoms with Crippen molar-refractivity contribution in [3.05, 3.63) is 0 Å². The first-order valence-corrected chi connectivity index (χ1v) is 1.63. The molecule has 3 heteroatoms. The van der Waals surface area contributed by atoms with Crippen molar-refractivity contribution in [2.24, 2.45) is 0 Å². The van der Waals surface area contributed by atoms with E-state index in [-0.39, 0.29) is 13.2 Å². The fraction of sp³-hybridized carbons (Fsp3) is 1.00. The lowest BCUT2D eigenvalue weighted by atomic mass is 10.4. The Bertz CT molecular complexity index is 56.3. The van der Waals surface area contributed by atoms with Gasteiger partial charge in [-0.05, 0) is 0 Å². The second-order valence-corrected chi connectivity index (χ2v) is 0.955. The predicted molar refractivity (Wildman–Crippen MR) is 20.2 cm³/mol. The first kappa shape index (κ1) is 2.26. The van der Waals surface area contributed by atoms with E-state index in [0.717, 1.165) is 0 Å². The molecule has 0 saturated heterocycles. The van der Waals surface area contributed by atoms with E-state index in [9.17, 15) is 0 Å². The summed E-state index contributed by atoms with van der Waals surface area (Å²) in [5, 5.41) is 11.8. The first-order chi connectivity index (χ1) is 4.35. The van der Waals surface area contributed by atoms with Gasteiger partial charge in [-0.15, -0.1) is 0 Å². The second kappa shape index (κ2) is 3.08. The highest BCUT2D eigenvalue weighted by atomic mass is 16.3. The van der Waals surface area contributed by atoms with Gasteiger partial charge >= 0.3 is 0 Å². The highest BCUT2D eigenvalue weighted by Gasteiger charge is 1.93. The molecule has 0 rings (SSSR count). The normalized spacial score (nSPS) is 16.5. The minimum absolute atomic E-state index is 0.0532. The molecule has 0 aromatic rings. The Morgan fingerprint density at radius 3 is 2.50 bits per heavy atom. The molecule has 0 aliphatic rings. The molecule has 0 heterocycles. The zero-order valence-corrected chi connectivity index (χ0v) is 3.22. The summed E-state index contributed by atoms with van der Waals surface area (Å²) in [6.07, 6.45) is -0.639. The summed E-state index contributed by atoms with van der Waals surface area (Å²) >= 11 is 0. The van der Waals surface area contributed by atoms with Crippen LogP contribution in [-0.2, 0) is 0 Å². The van der Waals surface area contributed by atoms with E-state index in [1.54, 1.807) is 0 Å². The third kappa shape index (κ3) is 2.14. The number of hydrogen-bond acceptors (Lipinski definition) is 3. The second-order valence-electron chi connectivity index (χ2n) is 0.955. The molecule has 0 radical (unpaired) electrons. The maximum absolute atomic E-state index is 6.34. The van der Waals surface area contributed by atoms with Crippen LogP contribution in [0, 0.1) is 0 Å². The van der Waals surface area contributed by atoms with Gasteiger partial charge in [0.2, 0.25) is 4.29 Å². The van der Waals surface area contributed by atoms with Crippen molar-refractivity contribution in [2.45, 2.75) is 6.10 Å². The Hall–Kier alpha value is -0.120. The predicted octanol–water partition coefficient (Wildman–Crippen LogP) is -1.67. The first-order valence-electron chi connectivity index (χ1n) is 2.85. The molecule has 0 fully saturated rings. The van der Waals surface area contributed by atoms with Crippen LogP contribution in [0.3, 0.4) is 0 Å². The molecule has 3 nitrogen and oxygen atoms in total. The molecular formula is C3H8O3. The molecule has 0 saturated carbocycles. The van der Waals surface area contributed by atoms with Crippen LogP contribution in [0.1, 0.15) is 0 Å². The molecule has 0 atom stereocenters. The van der Waals surface area contributed by atoms with Gasteiger partial charge in [-0.25, -0.2) is 0 Å². The zero-order chi connectivity index (χ0) is 7.11. The SMILES string of the molecule is [2H]OCC(CO[2H])O[2H]. The van der Waals surface area contributed by atoms with Crippen LogP contribution in [0.4, 0.5) is 0 Å². The van der Waals surface area contributed by atoms with E-state index < -0.39 is 6.10 Å². The smallest absolute Gasteiger partial charge is 0.211 e. The molecule has 0 spiro atoms. The van der Waals surface area contributed by atoms with E-state index in [2.05, 4.69) is 15.3 Å². The van der Waals surface area contributed by atoms with Crippen LogP contribution in [0.2, 0.25) is 0 Å². The highest BCUT2D eigenvalue weighted by Crippen LogP contribution is 1.71. The number of rotatable bonds is 5. The summed E-state index contributed by atoms with van der Waals surface area (Å²) in [6, 6.07) is 0. The van der Waals surface area contributed by atoms with Crippen molar-refractivity contribution in [1.82, 2.24) is 0 Å². The van der Waals surface area contributed by atoms with Crippen molar-refractivity contribution in [2.75, 3.05) is 13.2 Å². The van der Waals surface area contributed by atoms with Crippen LogP contribution in [0.5, 0.6) is 0 Å². The van der Waals surface area contributed by atoms with E-state index in [0.29, 0.717) is 0 Å². The van der Waals surface area contributed by atoms with E-state index in [1.165, 1.54) is 0 Å². The van der Waals surface area contributed by atoms with Crippen LogP contribution < -0.4 is 0 Å². The largest absolute Gasteiger partial charge is 0.394 e. The van der Waals surface area contributed by atoms with E-state index >= 15 is 0 Å². The van der Waals surface area contributed by atoms with Crippen LogP contribution >= 0.6 is 0 Å². The quantitative estimate of drug-likeness (QED) is 0.382. The summed E-state index contributed by atoms with van der Waals surface area (Å²) in [6.45, 7) is -0.106. The van der Waals surface area contributed by atoms with Gasteiger partial charge in [0, 0.05) is 0 Å². The Morgan fingerprint density at radius 1 is 1.50 bits per heavy atom. The maximum atomic E-state index is 6.34. The Kier molecular flexibility index (Phi) is 1.16. The lowest BCUT2D eigenvalue weighted by Crippen LogP contribution is -2.15. The fourth-order valence-electron chi connectivity index (χ4n) is 0.0481. The Balaban J connectivity index is 3.18. The number of aliphatic hydroxyl groups is 3. The molecule has 3 N–H and O–H groups in total. The van der Waals surface area contributed by atoms with Crippen molar-refractivity contribution < 1.29 is 15.3 Å². The Morgan fingerprint density at radius 2 is 2.17 bits per heavy atom. The zero-order valence-electron chi connectivity index (χ0n) is 6.22. The average molecular weight is 95.1 g/mol. The van der Waals surface area contributed by atoms with Crippen molar-refractivity contribution in [3.63, 3.8) is 0 Å². The molecule has 0 aromatic carbocycles. The third-order valence-corrected chi connectivity index (χ3v) is 0.372. The van der Waals surface area contributed by atoms with Gasteiger partial charge < -0.3 is 15.3 Å². The topological polar surface area (TPSA) is 60.7 Å². The maximum Gasteiger partial charge on any atom is 0.211 e. The minimum atomic E-state index is -0.639. The molecule has 0 bridgehead atoms. The molecule has 0 aliphatic carbocycles. The van der Waals surface area contributed by atoms with Gasteiger partial charge in [0.15, 0.2) is 0 Å². The van der Waals surface area contributed by atoms with Crippen molar-refractivity contribution in [1.29, 1.82) is 4.29 Å². The summed E-state index contributed by atoms with van der Waals surface area (Å²) in [5.74, 6) is 0. The van der Waals surface area contributed by atoms with Gasteiger partial charge in [-0.2, -0.15) is 0 Å². The fourth-order valence-corrected chi connectivity index (χ4v) is 0.0481. The lowest BCUT2D eigenvalue weighted by molar-refractivity contribution is 0.0450. The van der Waals surface area contributed by atoms with E-state index in [1.807, 2.05) is 0 Å². The van der Waals surface area contributed by atoms with Gasteiger partial charge in [0.25, 0.3) is 0 Å². The third-order valence-electron chi connectivity index (χ3n) is 0.372. The average Bonchev–Trinajstić information content (AvgIpc) is 1.88. The monoisotopic (exact) mass is 95.1 g/mol. The van der Waals surface area contributed by atoms with Crippen molar-refractivity contribution in [3.8, 4) is 0 Å². The molecule has 38 valence electrons. The van der Waals surface area contributed by atoms with Crippen LogP contribution in [0.25, 0.3) is 0 Å². The molecule has 0 aromatic heterocycles. The highest BCUT2D eigenvalue weighted by molar-refractivity contribution is 4.43. The Labute approximate surface area is 40.3 Å². The molecular weight excluding hydrogens is 84.0 g/mol. The van der Waals surface area contributed by atoms with Crippen LogP contribution in [0.15, 0.2) is 0 Å². The lowest BCUT2D eigenvalue weighted by Gasteiger charge is -1.96. The molecule has 0 amide bonds. The van der Waals surface area contributed by atoms with Gasteiger partial charge in [-0.3, -0.25) is 0 Å². The minimum Gasteiger partial charge on any atom is -0.394 e. The van der Waals surface area contributed by atoms with Gasteiger partial charge in [0.1, 0.15) is 6.10 Å². The standard InChI is InChI=1S/C3H8O3/c4-1-3(6)2-5/h3-6H,1-2H2/i4D,5D,6D. The van der Waals surface area contributed by atoms with E-state index in [4.69, 9.17) is 4.29 Å². The summed E-state index contributed by atoms with van der Waals surface area (Å²) < 4.78 is 18.8. The molecule has 0 unspecified atom stereocenters.